The molecule has 0 spiro atoms. The molecule has 0 aliphatic carbocycles. The highest BCUT2D eigenvalue weighted by Crippen LogP contribution is 2.35. The first kappa shape index (κ1) is 18.6. The van der Waals surface area contributed by atoms with Gasteiger partial charge in [-0.25, -0.2) is 13.1 Å². The number of benzene rings is 2. The predicted octanol–water partition coefficient (Wildman–Crippen LogP) is 2.87. The van der Waals surface area contributed by atoms with Gasteiger partial charge in [-0.1, -0.05) is 36.4 Å². The van der Waals surface area contributed by atoms with E-state index in [1.807, 2.05) is 54.6 Å². The number of hydroxylamine groups is 2. The van der Waals surface area contributed by atoms with Crippen molar-refractivity contribution in [3.8, 4) is 11.5 Å². The zero-order chi connectivity index (χ0) is 18.6. The molecule has 2 atom stereocenters. The molecule has 0 unspecified atom stereocenters. The van der Waals surface area contributed by atoms with Gasteiger partial charge in [0.2, 0.25) is 10.0 Å². The number of ether oxygens (including phenoxy) is 1. The Morgan fingerprint density at radius 3 is 2.69 bits per heavy atom. The molecule has 2 aromatic rings. The van der Waals surface area contributed by atoms with Gasteiger partial charge in [0.05, 0.1) is 12.6 Å². The molecule has 0 bridgehead atoms. The number of nitrogens with one attached hydrogen (secondary N) is 1. The lowest BCUT2D eigenvalue weighted by atomic mass is 10.0. The van der Waals surface area contributed by atoms with Gasteiger partial charge in [0.25, 0.3) is 0 Å². The van der Waals surface area contributed by atoms with Crippen LogP contribution >= 0.6 is 0 Å². The third-order valence-electron chi connectivity index (χ3n) is 4.19. The summed E-state index contributed by atoms with van der Waals surface area (Å²) in [5.74, 6) is 1.36. The smallest absolute Gasteiger partial charge is 0.219 e. The Hall–Kier alpha value is -2.19. The van der Waals surface area contributed by atoms with E-state index in [9.17, 15) is 8.42 Å². The van der Waals surface area contributed by atoms with Gasteiger partial charge in [-0.05, 0) is 29.8 Å². The summed E-state index contributed by atoms with van der Waals surface area (Å²) < 4.78 is 33.6. The molecule has 3 rings (SSSR count). The third kappa shape index (κ3) is 4.13. The summed E-state index contributed by atoms with van der Waals surface area (Å²) in [6.07, 6.45) is 1.51. The van der Waals surface area contributed by atoms with E-state index in [0.717, 1.165) is 11.3 Å². The van der Waals surface area contributed by atoms with Crippen molar-refractivity contribution in [2.24, 2.45) is 0 Å². The Kier molecular flexibility index (Phi) is 5.73. The Morgan fingerprint density at radius 1 is 1.23 bits per heavy atom. The van der Waals surface area contributed by atoms with Gasteiger partial charge < -0.3 is 4.74 Å². The van der Waals surface area contributed by atoms with Crippen LogP contribution in [0.4, 0.5) is 0 Å². The molecule has 0 aromatic heterocycles. The number of rotatable bonds is 7. The molecule has 0 radical (unpaired) electrons. The molecule has 1 N–H and O–H groups in total. The number of nitrogens with zero attached hydrogens (tertiary/aromatic N) is 1. The van der Waals surface area contributed by atoms with Crippen molar-refractivity contribution in [1.29, 1.82) is 0 Å². The summed E-state index contributed by atoms with van der Waals surface area (Å²) in [4.78, 5) is 5.50. The van der Waals surface area contributed by atoms with Crippen molar-refractivity contribution in [3.05, 3.63) is 72.8 Å². The molecule has 7 heteroatoms. The second-order valence-corrected chi connectivity index (χ2v) is 7.98. The first-order chi connectivity index (χ1) is 12.5. The minimum Gasteiger partial charge on any atom is -0.457 e. The maximum Gasteiger partial charge on any atom is 0.219 e. The molecule has 2 aromatic carbocycles. The number of hydrogen-bond acceptors (Lipinski definition) is 5. The zero-order valence-electron chi connectivity index (χ0n) is 14.5. The second kappa shape index (κ2) is 8.01. The van der Waals surface area contributed by atoms with E-state index in [4.69, 9.17) is 9.57 Å². The Balaban J connectivity index is 1.86. The van der Waals surface area contributed by atoms with E-state index < -0.39 is 21.3 Å². The molecule has 1 fully saturated rings. The van der Waals surface area contributed by atoms with Crippen LogP contribution in [0.5, 0.6) is 11.5 Å². The predicted molar refractivity (Wildman–Crippen MR) is 100 cm³/mol. The third-order valence-corrected chi connectivity index (χ3v) is 5.95. The van der Waals surface area contributed by atoms with Crippen LogP contribution in [0.1, 0.15) is 11.6 Å². The van der Waals surface area contributed by atoms with E-state index >= 15 is 0 Å². The van der Waals surface area contributed by atoms with Crippen LogP contribution in [0.25, 0.3) is 0 Å². The molecule has 1 heterocycles. The molecular formula is C19H22N2O4S. The molecule has 138 valence electrons. The largest absolute Gasteiger partial charge is 0.457 e. The SMILES string of the molecule is C=CCNS(=O)(=O)[C@@H]1CON(C)[C@@H]1c1cccc(Oc2ccccc2)c1. The van der Waals surface area contributed by atoms with E-state index in [-0.39, 0.29) is 13.2 Å². The van der Waals surface area contributed by atoms with E-state index in [1.165, 1.54) is 6.08 Å². The van der Waals surface area contributed by atoms with E-state index in [1.54, 1.807) is 12.1 Å². The highest BCUT2D eigenvalue weighted by molar-refractivity contribution is 7.90. The number of sulfonamides is 1. The summed E-state index contributed by atoms with van der Waals surface area (Å²) in [5, 5.41) is 0.860. The molecule has 1 aliphatic rings. The van der Waals surface area contributed by atoms with Crippen LogP contribution in [-0.4, -0.2) is 38.9 Å². The Morgan fingerprint density at radius 2 is 1.96 bits per heavy atom. The normalized spacial score (nSPS) is 20.8. The van der Waals surface area contributed by atoms with Crippen LogP contribution in [0, 0.1) is 0 Å². The first-order valence-corrected chi connectivity index (χ1v) is 9.84. The fraction of sp³-hybridized carbons (Fsp3) is 0.263. The van der Waals surface area contributed by atoms with Crippen molar-refractivity contribution in [2.45, 2.75) is 11.3 Å². The summed E-state index contributed by atoms with van der Waals surface area (Å²) in [7, 11) is -1.82. The van der Waals surface area contributed by atoms with Gasteiger partial charge in [-0.15, -0.1) is 6.58 Å². The average molecular weight is 374 g/mol. The fourth-order valence-electron chi connectivity index (χ4n) is 2.95. The molecule has 1 aliphatic heterocycles. The molecule has 6 nitrogen and oxygen atoms in total. The highest BCUT2D eigenvalue weighted by Gasteiger charge is 2.43. The highest BCUT2D eigenvalue weighted by atomic mass is 32.2. The average Bonchev–Trinajstić information content (AvgIpc) is 3.04. The van der Waals surface area contributed by atoms with Crippen molar-refractivity contribution < 1.29 is 18.0 Å². The van der Waals surface area contributed by atoms with Crippen molar-refractivity contribution in [1.82, 2.24) is 9.79 Å². The summed E-state index contributed by atoms with van der Waals surface area (Å²) >= 11 is 0. The van der Waals surface area contributed by atoms with Crippen LogP contribution in [-0.2, 0) is 14.9 Å². The number of para-hydroxylation sites is 1. The van der Waals surface area contributed by atoms with Crippen LogP contribution in [0.2, 0.25) is 0 Å². The molecule has 26 heavy (non-hydrogen) atoms. The van der Waals surface area contributed by atoms with Gasteiger partial charge in [0, 0.05) is 13.6 Å². The summed E-state index contributed by atoms with van der Waals surface area (Å²) in [5.41, 5.74) is 0.812. The summed E-state index contributed by atoms with van der Waals surface area (Å²) in [6, 6.07) is 16.4. The van der Waals surface area contributed by atoms with Gasteiger partial charge in [-0.2, -0.15) is 5.06 Å². The van der Waals surface area contributed by atoms with Crippen molar-refractivity contribution in [2.75, 3.05) is 20.2 Å². The maximum atomic E-state index is 12.6. The lowest BCUT2D eigenvalue weighted by Gasteiger charge is -2.23. The monoisotopic (exact) mass is 374 g/mol. The van der Waals surface area contributed by atoms with Gasteiger partial charge in [-0.3, -0.25) is 4.84 Å². The van der Waals surface area contributed by atoms with E-state index in [0.29, 0.717) is 5.75 Å². The topological polar surface area (TPSA) is 67.9 Å². The van der Waals surface area contributed by atoms with Gasteiger partial charge in [0.15, 0.2) is 0 Å². The molecule has 0 saturated carbocycles. The van der Waals surface area contributed by atoms with Crippen LogP contribution < -0.4 is 9.46 Å². The second-order valence-electron chi connectivity index (χ2n) is 5.99. The van der Waals surface area contributed by atoms with Crippen molar-refractivity contribution >= 4 is 10.0 Å². The van der Waals surface area contributed by atoms with E-state index in [2.05, 4.69) is 11.3 Å². The van der Waals surface area contributed by atoms with Crippen molar-refractivity contribution in [3.63, 3.8) is 0 Å². The Labute approximate surface area is 154 Å². The zero-order valence-corrected chi connectivity index (χ0v) is 15.4. The minimum atomic E-state index is -3.55. The quantitative estimate of drug-likeness (QED) is 0.755. The first-order valence-electron chi connectivity index (χ1n) is 8.29. The maximum absolute atomic E-state index is 12.6. The Bertz CT molecular complexity index is 855. The number of hydrogen-bond donors (Lipinski definition) is 1. The van der Waals surface area contributed by atoms with Gasteiger partial charge in [0.1, 0.15) is 16.7 Å². The fourth-order valence-corrected chi connectivity index (χ4v) is 4.42. The molecule has 1 saturated heterocycles. The summed E-state index contributed by atoms with van der Waals surface area (Å²) in [6.45, 7) is 3.83. The van der Waals surface area contributed by atoms with Crippen LogP contribution in [0.3, 0.4) is 0 Å². The van der Waals surface area contributed by atoms with Crippen LogP contribution in [0.15, 0.2) is 67.3 Å². The molecular weight excluding hydrogens is 352 g/mol. The lowest BCUT2D eigenvalue weighted by molar-refractivity contribution is -0.110. The lowest BCUT2D eigenvalue weighted by Crippen LogP contribution is -2.39. The minimum absolute atomic E-state index is 0.0947. The standard InChI is InChI=1S/C19H22N2O4S/c1-3-12-20-26(22,23)18-14-24-21(2)19(18)15-8-7-11-17(13-15)25-16-9-5-4-6-10-16/h3-11,13,18-20H,1,12,14H2,2H3/t18-,19-/m1/s1. The van der Waals surface area contributed by atoms with Gasteiger partial charge >= 0.3 is 0 Å². The molecule has 0 amide bonds.